The van der Waals surface area contributed by atoms with Gasteiger partial charge in [-0.15, -0.1) is 12.4 Å². The molecule has 130 valence electrons. The lowest BCUT2D eigenvalue weighted by Crippen LogP contribution is -2.51. The molecule has 0 aliphatic heterocycles. The molecule has 0 bridgehead atoms. The number of hydrogen-bond donors (Lipinski definition) is 1. The zero-order chi connectivity index (χ0) is 16.3. The predicted molar refractivity (Wildman–Crippen MR) is 85.9 cm³/mol. The van der Waals surface area contributed by atoms with Crippen LogP contribution in [0.4, 0.5) is 13.2 Å². The Morgan fingerprint density at radius 3 is 2.22 bits per heavy atom. The molecule has 7 heteroatoms. The molecule has 0 spiro atoms. The van der Waals surface area contributed by atoms with Crippen molar-refractivity contribution in [3.8, 4) is 0 Å². The van der Waals surface area contributed by atoms with Crippen LogP contribution in [-0.4, -0.2) is 37.0 Å². The summed E-state index contributed by atoms with van der Waals surface area (Å²) in [5, 5.41) is 2.96. The molecular weight excluding hydrogens is 329 g/mol. The van der Waals surface area contributed by atoms with Crippen LogP contribution in [0.5, 0.6) is 0 Å². The zero-order valence-corrected chi connectivity index (χ0v) is 14.0. The molecule has 3 nitrogen and oxygen atoms in total. The van der Waals surface area contributed by atoms with Gasteiger partial charge in [0.05, 0.1) is 5.56 Å². The van der Waals surface area contributed by atoms with Crippen LogP contribution >= 0.6 is 12.4 Å². The fourth-order valence-corrected chi connectivity index (χ4v) is 2.96. The third-order valence-corrected chi connectivity index (χ3v) is 4.18. The van der Waals surface area contributed by atoms with Crippen molar-refractivity contribution in [3.63, 3.8) is 0 Å². The lowest BCUT2D eigenvalue weighted by molar-refractivity contribution is -0.137. The van der Waals surface area contributed by atoms with E-state index in [9.17, 15) is 18.0 Å². The summed E-state index contributed by atoms with van der Waals surface area (Å²) in [5.74, 6) is -0.313. The van der Waals surface area contributed by atoms with E-state index in [1.165, 1.54) is 12.1 Å². The predicted octanol–water partition coefficient (Wildman–Crippen LogP) is 3.73. The number of carbonyl (C=O) groups is 1. The van der Waals surface area contributed by atoms with Crippen LogP contribution in [0.15, 0.2) is 24.3 Å². The monoisotopic (exact) mass is 350 g/mol. The summed E-state index contributed by atoms with van der Waals surface area (Å²) in [5.41, 5.74) is -0.482. The number of benzene rings is 1. The van der Waals surface area contributed by atoms with Gasteiger partial charge in [-0.25, -0.2) is 0 Å². The minimum Gasteiger partial charge on any atom is -0.348 e. The number of hydrogen-bond acceptors (Lipinski definition) is 2. The Morgan fingerprint density at radius 2 is 1.70 bits per heavy atom. The molecule has 1 aliphatic carbocycles. The van der Waals surface area contributed by atoms with Gasteiger partial charge in [-0.05, 0) is 51.2 Å². The van der Waals surface area contributed by atoms with Crippen LogP contribution in [0, 0.1) is 0 Å². The number of nitrogens with zero attached hydrogens (tertiary/aromatic N) is 1. The Balaban J connectivity index is 0.00000264. The second kappa shape index (κ2) is 8.02. The highest BCUT2D eigenvalue weighted by molar-refractivity contribution is 5.94. The molecule has 0 saturated heterocycles. The van der Waals surface area contributed by atoms with Gasteiger partial charge in [0, 0.05) is 17.6 Å². The average Bonchev–Trinajstić information content (AvgIpc) is 2.46. The first-order chi connectivity index (χ1) is 10.3. The van der Waals surface area contributed by atoms with Crippen molar-refractivity contribution >= 4 is 18.3 Å². The van der Waals surface area contributed by atoms with Gasteiger partial charge in [0.2, 0.25) is 0 Å². The van der Waals surface area contributed by atoms with Gasteiger partial charge >= 0.3 is 6.18 Å². The van der Waals surface area contributed by atoms with Gasteiger partial charge in [0.1, 0.15) is 0 Å². The highest BCUT2D eigenvalue weighted by Gasteiger charge is 2.31. The maximum absolute atomic E-state index is 12.5. The maximum Gasteiger partial charge on any atom is 0.416 e. The SMILES string of the molecule is CN(C)[C@@H]1CCCC[C@H]1NC(=O)c1ccc(C(F)(F)F)cc1.Cl. The Bertz CT molecular complexity index is 517. The largest absolute Gasteiger partial charge is 0.416 e. The van der Waals surface area contributed by atoms with Crippen molar-refractivity contribution in [2.45, 2.75) is 43.9 Å². The third-order valence-electron chi connectivity index (χ3n) is 4.18. The van der Waals surface area contributed by atoms with Crippen molar-refractivity contribution < 1.29 is 18.0 Å². The molecule has 2 rings (SSSR count). The van der Waals surface area contributed by atoms with Crippen LogP contribution < -0.4 is 5.32 Å². The van der Waals surface area contributed by atoms with E-state index in [4.69, 9.17) is 0 Å². The first kappa shape index (κ1) is 19.8. The minimum atomic E-state index is -4.38. The van der Waals surface area contributed by atoms with Crippen LogP contribution in [0.1, 0.15) is 41.6 Å². The topological polar surface area (TPSA) is 32.3 Å². The molecular formula is C16H22ClF3N2O. The van der Waals surface area contributed by atoms with Crippen LogP contribution in [0.25, 0.3) is 0 Å². The summed E-state index contributed by atoms with van der Waals surface area (Å²) >= 11 is 0. The molecule has 0 aromatic heterocycles. The summed E-state index contributed by atoms with van der Waals surface area (Å²) in [6.45, 7) is 0. The van der Waals surface area contributed by atoms with Gasteiger partial charge in [0.25, 0.3) is 5.91 Å². The van der Waals surface area contributed by atoms with E-state index in [0.717, 1.165) is 37.8 Å². The quantitative estimate of drug-likeness (QED) is 0.901. The molecule has 1 aromatic rings. The fourth-order valence-electron chi connectivity index (χ4n) is 2.96. The van der Waals surface area contributed by atoms with Gasteiger partial charge in [-0.2, -0.15) is 13.2 Å². The second-order valence-electron chi connectivity index (χ2n) is 5.97. The van der Waals surface area contributed by atoms with E-state index in [2.05, 4.69) is 10.2 Å². The molecule has 1 saturated carbocycles. The molecule has 0 heterocycles. The number of rotatable bonds is 3. The molecule has 1 N–H and O–H groups in total. The number of carbonyl (C=O) groups excluding carboxylic acids is 1. The molecule has 0 radical (unpaired) electrons. The number of amides is 1. The Labute approximate surface area is 140 Å². The van der Waals surface area contributed by atoms with E-state index >= 15 is 0 Å². The molecule has 1 aromatic carbocycles. The minimum absolute atomic E-state index is 0. The number of alkyl halides is 3. The van der Waals surface area contributed by atoms with Crippen molar-refractivity contribution in [2.75, 3.05) is 14.1 Å². The average molecular weight is 351 g/mol. The highest BCUT2D eigenvalue weighted by atomic mass is 35.5. The van der Waals surface area contributed by atoms with E-state index in [1.807, 2.05) is 14.1 Å². The normalized spacial score (nSPS) is 21.7. The Morgan fingerprint density at radius 1 is 1.13 bits per heavy atom. The van der Waals surface area contributed by atoms with Crippen molar-refractivity contribution in [2.24, 2.45) is 0 Å². The molecule has 1 fully saturated rings. The summed E-state index contributed by atoms with van der Waals surface area (Å²) in [6.07, 6.45) is -0.271. The second-order valence-corrected chi connectivity index (χ2v) is 5.97. The van der Waals surface area contributed by atoms with Crippen LogP contribution in [-0.2, 0) is 6.18 Å². The Hall–Kier alpha value is -1.27. The van der Waals surface area contributed by atoms with Gasteiger partial charge in [-0.1, -0.05) is 12.8 Å². The van der Waals surface area contributed by atoms with Gasteiger partial charge in [0.15, 0.2) is 0 Å². The Kier molecular flexibility index (Phi) is 6.89. The summed E-state index contributed by atoms with van der Waals surface area (Å²) in [4.78, 5) is 14.3. The smallest absolute Gasteiger partial charge is 0.348 e. The first-order valence-electron chi connectivity index (χ1n) is 7.43. The van der Waals surface area contributed by atoms with Crippen LogP contribution in [0.2, 0.25) is 0 Å². The molecule has 23 heavy (non-hydrogen) atoms. The zero-order valence-electron chi connectivity index (χ0n) is 13.2. The molecule has 2 atom stereocenters. The van der Waals surface area contributed by atoms with Gasteiger partial charge in [-0.3, -0.25) is 4.79 Å². The standard InChI is InChI=1S/C16H21F3N2O.ClH/c1-21(2)14-6-4-3-5-13(14)20-15(22)11-7-9-12(10-8-11)16(17,18)19;/h7-10,13-14H,3-6H2,1-2H3,(H,20,22);1H/t13-,14-;/m1./s1. The number of halogens is 4. The maximum atomic E-state index is 12.5. The van der Waals surface area contributed by atoms with E-state index in [-0.39, 0.29) is 36.0 Å². The van der Waals surface area contributed by atoms with Crippen molar-refractivity contribution in [1.82, 2.24) is 10.2 Å². The number of likely N-dealkylation sites (N-methyl/N-ethyl adjacent to an activating group) is 1. The number of nitrogens with one attached hydrogen (secondary N) is 1. The van der Waals surface area contributed by atoms with E-state index in [0.29, 0.717) is 0 Å². The molecule has 0 unspecified atom stereocenters. The molecule has 1 aliphatic rings. The van der Waals surface area contributed by atoms with Crippen molar-refractivity contribution in [1.29, 1.82) is 0 Å². The van der Waals surface area contributed by atoms with Crippen LogP contribution in [0.3, 0.4) is 0 Å². The van der Waals surface area contributed by atoms with Gasteiger partial charge < -0.3 is 10.2 Å². The summed E-state index contributed by atoms with van der Waals surface area (Å²) in [7, 11) is 3.96. The lowest BCUT2D eigenvalue weighted by atomic mass is 9.89. The lowest BCUT2D eigenvalue weighted by Gasteiger charge is -2.36. The van der Waals surface area contributed by atoms with E-state index in [1.54, 1.807) is 0 Å². The van der Waals surface area contributed by atoms with E-state index < -0.39 is 11.7 Å². The highest BCUT2D eigenvalue weighted by Crippen LogP contribution is 2.29. The van der Waals surface area contributed by atoms with Crippen molar-refractivity contribution in [3.05, 3.63) is 35.4 Å². The fraction of sp³-hybridized carbons (Fsp3) is 0.562. The first-order valence-corrected chi connectivity index (χ1v) is 7.43. The third kappa shape index (κ3) is 5.11. The summed E-state index contributed by atoms with van der Waals surface area (Å²) in [6, 6.07) is 4.65. The summed E-state index contributed by atoms with van der Waals surface area (Å²) < 4.78 is 37.6. The molecule has 1 amide bonds.